The van der Waals surface area contributed by atoms with Crippen molar-refractivity contribution in [1.29, 1.82) is 0 Å². The summed E-state index contributed by atoms with van der Waals surface area (Å²) in [7, 11) is 0. The zero-order chi connectivity index (χ0) is 14.2. The molecule has 0 unspecified atom stereocenters. The normalized spacial score (nSPS) is 10.8. The molecule has 0 spiro atoms. The van der Waals surface area contributed by atoms with Crippen LogP contribution >= 0.6 is 12.4 Å². The maximum atomic E-state index is 8.75. The average molecular weight is 311 g/mol. The third kappa shape index (κ3) is 5.03. The van der Waals surface area contributed by atoms with E-state index in [9.17, 15) is 0 Å². The van der Waals surface area contributed by atoms with Gasteiger partial charge in [0, 0.05) is 36.8 Å². The number of aromatic nitrogens is 1. The minimum absolute atomic E-state index is 0. The number of nitrogens with one attached hydrogen (secondary N) is 1. The molecular weight excluding hydrogens is 284 g/mol. The number of aliphatic hydroxyl groups is 1. The first-order chi connectivity index (χ1) is 9.86. The first-order valence-electron chi connectivity index (χ1n) is 7.75. The van der Waals surface area contributed by atoms with E-state index in [2.05, 4.69) is 47.3 Å². The Morgan fingerprint density at radius 3 is 2.71 bits per heavy atom. The van der Waals surface area contributed by atoms with Crippen molar-refractivity contribution in [3.05, 3.63) is 36.0 Å². The Kier molecular flexibility index (Phi) is 8.43. The van der Waals surface area contributed by atoms with Crippen LogP contribution in [0.5, 0.6) is 0 Å². The van der Waals surface area contributed by atoms with E-state index in [1.54, 1.807) is 0 Å². The van der Waals surface area contributed by atoms with Gasteiger partial charge in [-0.15, -0.1) is 12.4 Å². The lowest BCUT2D eigenvalue weighted by Gasteiger charge is -2.03. The molecule has 0 amide bonds. The van der Waals surface area contributed by atoms with Gasteiger partial charge in [-0.3, -0.25) is 0 Å². The molecule has 2 aromatic rings. The predicted octanol–water partition coefficient (Wildman–Crippen LogP) is 3.73. The summed E-state index contributed by atoms with van der Waals surface area (Å²) in [6, 6.07) is 8.64. The van der Waals surface area contributed by atoms with Gasteiger partial charge in [-0.2, -0.15) is 0 Å². The standard InChI is InChI=1S/C17H26N2O.ClH/c1-2-11-19-14-15(13-18-10-6-3-7-12-20)16-8-4-5-9-17(16)19;/h4-5,8-9,14,18,20H,2-3,6-7,10-13H2,1H3;1H. The van der Waals surface area contributed by atoms with Gasteiger partial charge in [-0.1, -0.05) is 25.1 Å². The van der Waals surface area contributed by atoms with Gasteiger partial charge in [0.1, 0.15) is 0 Å². The van der Waals surface area contributed by atoms with Crippen molar-refractivity contribution in [3.8, 4) is 0 Å². The van der Waals surface area contributed by atoms with Crippen LogP contribution in [-0.2, 0) is 13.1 Å². The number of unbranched alkanes of at least 4 members (excludes halogenated alkanes) is 2. The second kappa shape index (κ2) is 9.82. The largest absolute Gasteiger partial charge is 0.396 e. The Labute approximate surface area is 133 Å². The number of fused-ring (bicyclic) bond motifs is 1. The number of rotatable bonds is 9. The molecule has 0 aliphatic carbocycles. The van der Waals surface area contributed by atoms with Crippen LogP contribution in [0.25, 0.3) is 10.9 Å². The number of hydrogen-bond acceptors (Lipinski definition) is 2. The van der Waals surface area contributed by atoms with Crippen molar-refractivity contribution in [2.75, 3.05) is 13.2 Å². The first kappa shape index (κ1) is 18.0. The average Bonchev–Trinajstić information content (AvgIpc) is 2.82. The van der Waals surface area contributed by atoms with Crippen molar-refractivity contribution in [2.24, 2.45) is 0 Å². The number of aryl methyl sites for hydroxylation is 1. The fraction of sp³-hybridized carbons (Fsp3) is 0.529. The summed E-state index contributed by atoms with van der Waals surface area (Å²) in [4.78, 5) is 0. The van der Waals surface area contributed by atoms with Crippen LogP contribution in [0.2, 0.25) is 0 Å². The zero-order valence-corrected chi connectivity index (χ0v) is 13.7. The molecule has 0 atom stereocenters. The molecule has 0 aliphatic heterocycles. The SMILES string of the molecule is CCCn1cc(CNCCCCCO)c2ccccc21.Cl. The maximum absolute atomic E-state index is 8.75. The zero-order valence-electron chi connectivity index (χ0n) is 12.8. The quantitative estimate of drug-likeness (QED) is 0.693. The van der Waals surface area contributed by atoms with Crippen LogP contribution in [0.1, 0.15) is 38.2 Å². The second-order valence-electron chi connectivity index (χ2n) is 5.33. The molecule has 0 bridgehead atoms. The van der Waals surface area contributed by atoms with E-state index in [0.29, 0.717) is 6.61 Å². The molecule has 4 heteroatoms. The topological polar surface area (TPSA) is 37.2 Å². The lowest BCUT2D eigenvalue weighted by molar-refractivity contribution is 0.283. The van der Waals surface area contributed by atoms with Gasteiger partial charge in [0.15, 0.2) is 0 Å². The Morgan fingerprint density at radius 2 is 1.95 bits per heavy atom. The summed E-state index contributed by atoms with van der Waals surface area (Å²) < 4.78 is 2.36. The van der Waals surface area contributed by atoms with Gasteiger partial charge in [-0.25, -0.2) is 0 Å². The van der Waals surface area contributed by atoms with Crippen molar-refractivity contribution >= 4 is 23.3 Å². The van der Waals surface area contributed by atoms with E-state index in [-0.39, 0.29) is 12.4 Å². The Bertz CT molecular complexity index is 524. The lowest BCUT2D eigenvalue weighted by atomic mass is 10.2. The predicted molar refractivity (Wildman–Crippen MR) is 92.1 cm³/mol. The lowest BCUT2D eigenvalue weighted by Crippen LogP contribution is -2.14. The van der Waals surface area contributed by atoms with Crippen LogP contribution < -0.4 is 5.32 Å². The van der Waals surface area contributed by atoms with Crippen LogP contribution in [0.3, 0.4) is 0 Å². The molecule has 21 heavy (non-hydrogen) atoms. The Hall–Kier alpha value is -1.03. The van der Waals surface area contributed by atoms with E-state index in [1.807, 2.05) is 0 Å². The fourth-order valence-corrected chi connectivity index (χ4v) is 2.65. The molecule has 2 N–H and O–H groups in total. The molecule has 0 aliphatic rings. The molecule has 1 aromatic heterocycles. The smallest absolute Gasteiger partial charge is 0.0483 e. The second-order valence-corrected chi connectivity index (χ2v) is 5.33. The maximum Gasteiger partial charge on any atom is 0.0483 e. The summed E-state index contributed by atoms with van der Waals surface area (Å²) in [5.41, 5.74) is 2.72. The summed E-state index contributed by atoms with van der Waals surface area (Å²) in [6.45, 7) is 5.55. The monoisotopic (exact) mass is 310 g/mol. The number of halogens is 1. The van der Waals surface area contributed by atoms with Crippen molar-refractivity contribution in [1.82, 2.24) is 9.88 Å². The highest BCUT2D eigenvalue weighted by Gasteiger charge is 2.06. The number of hydrogen-bond donors (Lipinski definition) is 2. The van der Waals surface area contributed by atoms with Crippen LogP contribution in [0.4, 0.5) is 0 Å². The highest BCUT2D eigenvalue weighted by atomic mass is 35.5. The molecule has 118 valence electrons. The van der Waals surface area contributed by atoms with Crippen LogP contribution in [-0.4, -0.2) is 22.8 Å². The molecule has 0 saturated heterocycles. The molecule has 0 radical (unpaired) electrons. The highest BCUT2D eigenvalue weighted by molar-refractivity contribution is 5.85. The molecule has 3 nitrogen and oxygen atoms in total. The number of nitrogens with zero attached hydrogens (tertiary/aromatic N) is 1. The van der Waals surface area contributed by atoms with Crippen LogP contribution in [0, 0.1) is 0 Å². The molecule has 1 heterocycles. The van der Waals surface area contributed by atoms with E-state index < -0.39 is 0 Å². The van der Waals surface area contributed by atoms with Gasteiger partial charge in [0.05, 0.1) is 0 Å². The van der Waals surface area contributed by atoms with Gasteiger partial charge in [-0.05, 0) is 43.9 Å². The highest BCUT2D eigenvalue weighted by Crippen LogP contribution is 2.21. The van der Waals surface area contributed by atoms with Gasteiger partial charge >= 0.3 is 0 Å². The Morgan fingerprint density at radius 1 is 1.14 bits per heavy atom. The number of para-hydroxylation sites is 1. The summed E-state index contributed by atoms with van der Waals surface area (Å²) in [6.07, 6.45) is 6.59. The van der Waals surface area contributed by atoms with Gasteiger partial charge in [0.2, 0.25) is 0 Å². The number of benzene rings is 1. The van der Waals surface area contributed by atoms with E-state index >= 15 is 0 Å². The van der Waals surface area contributed by atoms with Crippen molar-refractivity contribution < 1.29 is 5.11 Å². The van der Waals surface area contributed by atoms with Crippen molar-refractivity contribution in [3.63, 3.8) is 0 Å². The fourth-order valence-electron chi connectivity index (χ4n) is 2.65. The van der Waals surface area contributed by atoms with Crippen LogP contribution in [0.15, 0.2) is 30.5 Å². The minimum Gasteiger partial charge on any atom is -0.396 e. The molecule has 0 fully saturated rings. The Balaban J connectivity index is 0.00000220. The summed E-state index contributed by atoms with van der Waals surface area (Å²) in [5, 5.41) is 13.6. The molecule has 0 saturated carbocycles. The third-order valence-corrected chi connectivity index (χ3v) is 3.66. The molecule has 1 aromatic carbocycles. The molecular formula is C17H27ClN2O. The summed E-state index contributed by atoms with van der Waals surface area (Å²) >= 11 is 0. The molecule has 2 rings (SSSR count). The van der Waals surface area contributed by atoms with E-state index in [0.717, 1.165) is 45.3 Å². The minimum atomic E-state index is 0. The van der Waals surface area contributed by atoms with Crippen molar-refractivity contribution in [2.45, 2.75) is 45.7 Å². The first-order valence-corrected chi connectivity index (χ1v) is 7.75. The van der Waals surface area contributed by atoms with Gasteiger partial charge < -0.3 is 15.0 Å². The van der Waals surface area contributed by atoms with E-state index in [4.69, 9.17) is 5.11 Å². The summed E-state index contributed by atoms with van der Waals surface area (Å²) in [5.74, 6) is 0. The van der Waals surface area contributed by atoms with E-state index in [1.165, 1.54) is 16.5 Å². The van der Waals surface area contributed by atoms with Gasteiger partial charge in [0.25, 0.3) is 0 Å². The third-order valence-electron chi connectivity index (χ3n) is 3.66. The number of aliphatic hydroxyl groups excluding tert-OH is 1.